The summed E-state index contributed by atoms with van der Waals surface area (Å²) in [6, 6.07) is 0.296. The average molecular weight is 307 g/mol. The minimum atomic E-state index is -0.180. The van der Waals surface area contributed by atoms with Gasteiger partial charge in [0.2, 0.25) is 0 Å². The van der Waals surface area contributed by atoms with E-state index in [4.69, 9.17) is 14.2 Å². The highest BCUT2D eigenvalue weighted by Crippen LogP contribution is 2.44. The summed E-state index contributed by atoms with van der Waals surface area (Å²) in [5.74, 6) is 1.97. The maximum atomic E-state index is 6.47. The van der Waals surface area contributed by atoms with Gasteiger partial charge in [0.15, 0.2) is 6.79 Å². The molecule has 22 heavy (non-hydrogen) atoms. The number of nitrogens with one attached hydrogen (secondary N) is 1. The predicted molar refractivity (Wildman–Crippen MR) is 89.0 cm³/mol. The Bertz CT molecular complexity index is 556. The maximum Gasteiger partial charge on any atom is 0.188 e. The first kappa shape index (κ1) is 17.1. The molecule has 0 bridgehead atoms. The van der Waals surface area contributed by atoms with Crippen LogP contribution in [-0.2, 0) is 11.2 Å². The van der Waals surface area contributed by atoms with Gasteiger partial charge in [-0.2, -0.15) is 0 Å². The molecule has 0 saturated heterocycles. The molecule has 1 aromatic carbocycles. The van der Waals surface area contributed by atoms with Gasteiger partial charge in [-0.1, -0.05) is 0 Å². The molecule has 0 amide bonds. The smallest absolute Gasteiger partial charge is 0.188 e. The van der Waals surface area contributed by atoms with E-state index in [9.17, 15) is 0 Å². The Morgan fingerprint density at radius 2 is 1.91 bits per heavy atom. The van der Waals surface area contributed by atoms with E-state index >= 15 is 0 Å². The van der Waals surface area contributed by atoms with Crippen molar-refractivity contribution in [3.8, 4) is 11.5 Å². The summed E-state index contributed by atoms with van der Waals surface area (Å²) in [4.78, 5) is 0. The van der Waals surface area contributed by atoms with Crippen molar-refractivity contribution in [2.75, 3.05) is 21.0 Å². The highest BCUT2D eigenvalue weighted by Gasteiger charge is 2.38. The van der Waals surface area contributed by atoms with Gasteiger partial charge in [-0.25, -0.2) is 0 Å². The lowest BCUT2D eigenvalue weighted by molar-refractivity contribution is 0.0316. The highest BCUT2D eigenvalue weighted by molar-refractivity contribution is 5.59. The van der Waals surface area contributed by atoms with Crippen molar-refractivity contribution in [1.29, 1.82) is 0 Å². The van der Waals surface area contributed by atoms with Crippen LogP contribution in [0.3, 0.4) is 0 Å². The lowest BCUT2D eigenvalue weighted by atomic mass is 9.84. The molecule has 0 fully saturated rings. The largest absolute Gasteiger partial charge is 0.485 e. The van der Waals surface area contributed by atoms with Gasteiger partial charge >= 0.3 is 0 Å². The van der Waals surface area contributed by atoms with Crippen LogP contribution in [-0.4, -0.2) is 32.6 Å². The molecule has 0 aliphatic carbocycles. The fraction of sp³-hybridized carbons (Fsp3) is 0.667. The van der Waals surface area contributed by atoms with Gasteiger partial charge in [0, 0.05) is 18.7 Å². The number of ether oxygens (including phenoxy) is 3. The van der Waals surface area contributed by atoms with Gasteiger partial charge in [-0.15, -0.1) is 0 Å². The molecule has 1 aliphatic rings. The molecule has 2 rings (SSSR count). The van der Waals surface area contributed by atoms with E-state index in [0.29, 0.717) is 6.04 Å². The Hall–Kier alpha value is -1.26. The molecule has 0 spiro atoms. The van der Waals surface area contributed by atoms with E-state index in [1.807, 2.05) is 7.05 Å². The number of rotatable bonds is 5. The normalized spacial score (nSPS) is 22.0. The second-order valence-electron chi connectivity index (χ2n) is 6.49. The van der Waals surface area contributed by atoms with Crippen LogP contribution in [0.2, 0.25) is 0 Å². The van der Waals surface area contributed by atoms with Gasteiger partial charge in [0.25, 0.3) is 0 Å². The van der Waals surface area contributed by atoms with Crippen LogP contribution in [0.15, 0.2) is 0 Å². The number of fused-ring (bicyclic) bond motifs is 1. The van der Waals surface area contributed by atoms with Crippen LogP contribution < -0.4 is 14.8 Å². The average Bonchev–Trinajstić information content (AvgIpc) is 2.51. The summed E-state index contributed by atoms with van der Waals surface area (Å²) >= 11 is 0. The highest BCUT2D eigenvalue weighted by atomic mass is 16.7. The minimum absolute atomic E-state index is 0.180. The zero-order valence-electron chi connectivity index (χ0n) is 14.9. The molecule has 1 aliphatic heterocycles. The molecule has 2 atom stereocenters. The molecule has 124 valence electrons. The number of hydrogen-bond donors (Lipinski definition) is 1. The Morgan fingerprint density at radius 1 is 1.23 bits per heavy atom. The first-order valence-corrected chi connectivity index (χ1v) is 7.96. The number of likely N-dealkylation sites (N-methyl/N-ethyl adjacent to an activating group) is 1. The molecule has 1 N–H and O–H groups in total. The summed E-state index contributed by atoms with van der Waals surface area (Å²) in [6.07, 6.45) is 2.00. The molecule has 4 nitrogen and oxygen atoms in total. The van der Waals surface area contributed by atoms with Crippen LogP contribution in [0.1, 0.15) is 42.5 Å². The third kappa shape index (κ3) is 2.82. The SMILES string of the molecule is CNC(C)C1(C)CCc2c(C)c(OCOC)c(C)c(C)c2O1. The van der Waals surface area contributed by atoms with Gasteiger partial charge in [-0.3, -0.25) is 0 Å². The molecule has 0 aromatic heterocycles. The molecule has 0 radical (unpaired) electrons. The van der Waals surface area contributed by atoms with Crippen molar-refractivity contribution in [3.05, 3.63) is 22.3 Å². The third-order valence-electron chi connectivity index (χ3n) is 5.19. The number of benzene rings is 1. The lowest BCUT2D eigenvalue weighted by Crippen LogP contribution is -2.51. The van der Waals surface area contributed by atoms with Crippen LogP contribution in [0, 0.1) is 20.8 Å². The van der Waals surface area contributed by atoms with Gasteiger partial charge in [0.1, 0.15) is 17.1 Å². The van der Waals surface area contributed by atoms with E-state index < -0.39 is 0 Å². The zero-order valence-corrected chi connectivity index (χ0v) is 14.9. The molecule has 1 heterocycles. The second-order valence-corrected chi connectivity index (χ2v) is 6.49. The fourth-order valence-corrected chi connectivity index (χ4v) is 3.20. The quantitative estimate of drug-likeness (QED) is 0.847. The number of methoxy groups -OCH3 is 1. The minimum Gasteiger partial charge on any atom is -0.485 e. The van der Waals surface area contributed by atoms with Crippen LogP contribution in [0.4, 0.5) is 0 Å². The van der Waals surface area contributed by atoms with Crippen molar-refractivity contribution < 1.29 is 14.2 Å². The Labute approximate surface area is 134 Å². The standard InChI is InChI=1S/C18H29NO3/c1-11-12(2)17-15(13(3)16(11)21-10-20-7)8-9-18(5,22-17)14(4)19-6/h14,19H,8-10H2,1-7H3. The Morgan fingerprint density at radius 3 is 2.50 bits per heavy atom. The topological polar surface area (TPSA) is 39.7 Å². The molecule has 4 heteroatoms. The molecular formula is C18H29NO3. The van der Waals surface area contributed by atoms with Crippen LogP contribution in [0.25, 0.3) is 0 Å². The summed E-state index contributed by atoms with van der Waals surface area (Å²) < 4.78 is 17.3. The monoisotopic (exact) mass is 307 g/mol. The van der Waals surface area contributed by atoms with E-state index in [2.05, 4.69) is 39.9 Å². The van der Waals surface area contributed by atoms with Crippen molar-refractivity contribution >= 4 is 0 Å². The summed E-state index contributed by atoms with van der Waals surface area (Å²) in [5.41, 5.74) is 4.57. The molecule has 2 unspecified atom stereocenters. The summed E-state index contributed by atoms with van der Waals surface area (Å²) in [5, 5.41) is 3.33. The van der Waals surface area contributed by atoms with E-state index in [1.165, 1.54) is 16.7 Å². The van der Waals surface area contributed by atoms with Gasteiger partial charge < -0.3 is 19.5 Å². The fourth-order valence-electron chi connectivity index (χ4n) is 3.20. The van der Waals surface area contributed by atoms with Crippen molar-refractivity contribution in [1.82, 2.24) is 5.32 Å². The van der Waals surface area contributed by atoms with Gasteiger partial charge in [0.05, 0.1) is 0 Å². The van der Waals surface area contributed by atoms with Crippen molar-refractivity contribution in [2.24, 2.45) is 0 Å². The molecular weight excluding hydrogens is 278 g/mol. The van der Waals surface area contributed by atoms with E-state index in [-0.39, 0.29) is 12.4 Å². The second kappa shape index (κ2) is 6.47. The molecule has 1 aromatic rings. The zero-order chi connectivity index (χ0) is 16.5. The third-order valence-corrected chi connectivity index (χ3v) is 5.19. The maximum absolute atomic E-state index is 6.47. The Balaban J connectivity index is 2.46. The van der Waals surface area contributed by atoms with E-state index in [0.717, 1.165) is 29.9 Å². The summed E-state index contributed by atoms with van der Waals surface area (Å²) in [7, 11) is 3.63. The Kier molecular flexibility index (Phi) is 5.03. The lowest BCUT2D eigenvalue weighted by Gasteiger charge is -2.41. The first-order valence-electron chi connectivity index (χ1n) is 7.96. The first-order chi connectivity index (χ1) is 10.4. The van der Waals surface area contributed by atoms with Crippen LogP contribution >= 0.6 is 0 Å². The molecule has 0 saturated carbocycles. The van der Waals surface area contributed by atoms with Crippen LogP contribution in [0.5, 0.6) is 11.5 Å². The predicted octanol–water partition coefficient (Wildman–Crippen LogP) is 3.29. The van der Waals surface area contributed by atoms with E-state index in [1.54, 1.807) is 7.11 Å². The van der Waals surface area contributed by atoms with Gasteiger partial charge in [-0.05, 0) is 71.2 Å². The van der Waals surface area contributed by atoms with Crippen molar-refractivity contribution in [3.63, 3.8) is 0 Å². The summed E-state index contributed by atoms with van der Waals surface area (Å²) in [6.45, 7) is 11.0. The van der Waals surface area contributed by atoms with Crippen molar-refractivity contribution in [2.45, 2.75) is 59.1 Å². The number of hydrogen-bond acceptors (Lipinski definition) is 4.